The summed E-state index contributed by atoms with van der Waals surface area (Å²) in [6.07, 6.45) is 2.78. The number of fused-ring (bicyclic) bond motifs is 3. The Labute approximate surface area is 142 Å². The van der Waals surface area contributed by atoms with Crippen LogP contribution in [0.2, 0.25) is 10.0 Å². The van der Waals surface area contributed by atoms with Gasteiger partial charge in [0.2, 0.25) is 0 Å². The summed E-state index contributed by atoms with van der Waals surface area (Å²) < 4.78 is 2.08. The fraction of sp³-hybridized carbons (Fsp3) is 0.111. The first-order chi connectivity index (χ1) is 11.1. The van der Waals surface area contributed by atoms with Crippen molar-refractivity contribution in [1.82, 2.24) is 9.55 Å². The average Bonchev–Trinajstić information content (AvgIpc) is 2.95. The smallest absolute Gasteiger partial charge is 0.281 e. The molecule has 2 heterocycles. The van der Waals surface area contributed by atoms with Crippen LogP contribution in [0.15, 0.2) is 47.3 Å². The first-order valence-electron chi connectivity index (χ1n) is 7.30. The van der Waals surface area contributed by atoms with Gasteiger partial charge in [0.25, 0.3) is 5.56 Å². The van der Waals surface area contributed by atoms with Crippen LogP contribution < -0.4 is 5.56 Å². The van der Waals surface area contributed by atoms with Crippen molar-refractivity contribution in [3.63, 3.8) is 0 Å². The van der Waals surface area contributed by atoms with Crippen LogP contribution in [0.3, 0.4) is 0 Å². The van der Waals surface area contributed by atoms with E-state index in [9.17, 15) is 4.79 Å². The molecule has 0 amide bonds. The van der Waals surface area contributed by atoms with Crippen molar-refractivity contribution in [3.05, 3.63) is 74.3 Å². The minimum Gasteiger partial charge on any atom is -0.325 e. The van der Waals surface area contributed by atoms with E-state index in [1.165, 1.54) is 0 Å². The number of hydrogen-bond donors (Lipinski definition) is 0. The highest BCUT2D eigenvalue weighted by Crippen LogP contribution is 2.33. The van der Waals surface area contributed by atoms with Gasteiger partial charge < -0.3 is 4.57 Å². The van der Waals surface area contributed by atoms with Gasteiger partial charge in [0.05, 0.1) is 20.9 Å². The number of nitrogens with zero attached hydrogens (tertiary/aromatic N) is 2. The molecule has 0 saturated carbocycles. The predicted octanol–water partition coefficient (Wildman–Crippen LogP) is 4.65. The van der Waals surface area contributed by atoms with Crippen LogP contribution in [0.25, 0.3) is 22.6 Å². The van der Waals surface area contributed by atoms with Crippen LogP contribution in [-0.4, -0.2) is 9.55 Å². The molecule has 1 aliphatic heterocycles. The van der Waals surface area contributed by atoms with Gasteiger partial charge in [0, 0.05) is 6.54 Å². The van der Waals surface area contributed by atoms with Crippen molar-refractivity contribution < 1.29 is 0 Å². The quantitative estimate of drug-likeness (QED) is 0.645. The lowest BCUT2D eigenvalue weighted by Gasteiger charge is -2.07. The number of allylic oxidation sites excluding steroid dienone is 1. The fourth-order valence-electron chi connectivity index (χ4n) is 2.99. The van der Waals surface area contributed by atoms with E-state index in [2.05, 4.69) is 9.55 Å². The van der Waals surface area contributed by atoms with Crippen LogP contribution in [0.5, 0.6) is 0 Å². The molecule has 0 bridgehead atoms. The molecule has 4 rings (SSSR count). The van der Waals surface area contributed by atoms with E-state index in [0.29, 0.717) is 21.3 Å². The Balaban J connectivity index is 1.93. The Bertz CT molecular complexity index is 1020. The van der Waals surface area contributed by atoms with Gasteiger partial charge in [-0.05, 0) is 41.8 Å². The number of benzene rings is 2. The van der Waals surface area contributed by atoms with Gasteiger partial charge in [-0.1, -0.05) is 47.5 Å². The van der Waals surface area contributed by atoms with E-state index in [1.54, 1.807) is 6.07 Å². The summed E-state index contributed by atoms with van der Waals surface area (Å²) >= 11 is 12.3. The molecule has 5 heteroatoms. The normalized spacial score (nSPS) is 15.3. The maximum atomic E-state index is 12.3. The molecule has 0 aliphatic carbocycles. The van der Waals surface area contributed by atoms with Crippen LogP contribution in [0.1, 0.15) is 17.8 Å². The summed E-state index contributed by atoms with van der Waals surface area (Å²) in [6.45, 7) is 0.799. The van der Waals surface area contributed by atoms with Gasteiger partial charge in [0.15, 0.2) is 0 Å². The second-order valence-electron chi connectivity index (χ2n) is 5.47. The van der Waals surface area contributed by atoms with Crippen molar-refractivity contribution in [2.75, 3.05) is 0 Å². The lowest BCUT2D eigenvalue weighted by molar-refractivity contribution is 0.772. The molecule has 0 radical (unpaired) electrons. The summed E-state index contributed by atoms with van der Waals surface area (Å²) in [5, 5.41) is 1.68. The summed E-state index contributed by atoms with van der Waals surface area (Å²) in [6, 6.07) is 13.1. The van der Waals surface area contributed by atoms with Gasteiger partial charge >= 0.3 is 0 Å². The Kier molecular flexibility index (Phi) is 3.47. The van der Waals surface area contributed by atoms with E-state index < -0.39 is 0 Å². The number of aromatic nitrogens is 2. The summed E-state index contributed by atoms with van der Waals surface area (Å²) in [5.41, 5.74) is 2.56. The Morgan fingerprint density at radius 3 is 2.78 bits per heavy atom. The minimum atomic E-state index is -0.197. The zero-order valence-corrected chi connectivity index (χ0v) is 13.6. The van der Waals surface area contributed by atoms with Crippen LogP contribution in [0, 0.1) is 0 Å². The molecule has 23 heavy (non-hydrogen) atoms. The van der Waals surface area contributed by atoms with Gasteiger partial charge in [-0.2, -0.15) is 4.98 Å². The van der Waals surface area contributed by atoms with Crippen LogP contribution in [0.4, 0.5) is 0 Å². The number of aryl methyl sites for hydroxylation is 1. The maximum Gasteiger partial charge on any atom is 0.281 e. The zero-order valence-electron chi connectivity index (χ0n) is 12.1. The van der Waals surface area contributed by atoms with E-state index >= 15 is 0 Å². The topological polar surface area (TPSA) is 34.9 Å². The third kappa shape index (κ3) is 2.37. The Hall–Kier alpha value is -2.10. The molecule has 2 aromatic carbocycles. The molecule has 0 unspecified atom stereocenters. The summed E-state index contributed by atoms with van der Waals surface area (Å²) in [5.74, 6) is 0.713. The molecule has 1 aromatic heterocycles. The van der Waals surface area contributed by atoms with Crippen LogP contribution in [-0.2, 0) is 6.54 Å². The lowest BCUT2D eigenvalue weighted by atomic mass is 10.1. The summed E-state index contributed by atoms with van der Waals surface area (Å²) in [7, 11) is 0. The molecule has 0 spiro atoms. The van der Waals surface area contributed by atoms with Crippen LogP contribution >= 0.6 is 23.2 Å². The molecule has 0 atom stereocenters. The van der Waals surface area contributed by atoms with E-state index in [1.807, 2.05) is 42.5 Å². The third-order valence-corrected chi connectivity index (χ3v) is 4.93. The largest absolute Gasteiger partial charge is 0.325 e. The minimum absolute atomic E-state index is 0.197. The second-order valence-corrected chi connectivity index (χ2v) is 6.26. The van der Waals surface area contributed by atoms with Gasteiger partial charge in [0.1, 0.15) is 5.82 Å². The van der Waals surface area contributed by atoms with Gasteiger partial charge in [-0.25, -0.2) is 0 Å². The SMILES string of the molecule is O=c1nc2n(c3ccccc13)CC/C2=C\c1cccc(Cl)c1Cl. The highest BCUT2D eigenvalue weighted by atomic mass is 35.5. The van der Waals surface area contributed by atoms with Crippen molar-refractivity contribution in [2.45, 2.75) is 13.0 Å². The van der Waals surface area contributed by atoms with Gasteiger partial charge in [-0.15, -0.1) is 0 Å². The standard InChI is InChI=1S/C18H12Cl2N2O/c19-14-6-3-4-11(16(14)20)10-12-8-9-22-15-7-2-1-5-13(15)18(23)21-17(12)22/h1-7,10H,8-9H2/b12-10+. The number of hydrogen-bond acceptors (Lipinski definition) is 2. The van der Waals surface area contributed by atoms with E-state index in [-0.39, 0.29) is 5.56 Å². The Morgan fingerprint density at radius 2 is 1.91 bits per heavy atom. The van der Waals surface area contributed by atoms with E-state index in [4.69, 9.17) is 23.2 Å². The molecular weight excluding hydrogens is 331 g/mol. The molecule has 3 nitrogen and oxygen atoms in total. The highest BCUT2D eigenvalue weighted by molar-refractivity contribution is 6.43. The molecule has 0 N–H and O–H groups in total. The first-order valence-corrected chi connectivity index (χ1v) is 8.05. The molecular formula is C18H12Cl2N2O. The van der Waals surface area contributed by atoms with Crippen molar-refractivity contribution >= 4 is 45.8 Å². The molecule has 0 fully saturated rings. The van der Waals surface area contributed by atoms with Crippen molar-refractivity contribution in [1.29, 1.82) is 0 Å². The molecule has 3 aromatic rings. The number of para-hydroxylation sites is 1. The number of halogens is 2. The fourth-order valence-corrected chi connectivity index (χ4v) is 3.36. The summed E-state index contributed by atoms with van der Waals surface area (Å²) in [4.78, 5) is 16.5. The van der Waals surface area contributed by atoms with Crippen molar-refractivity contribution in [2.24, 2.45) is 0 Å². The molecule has 0 saturated heterocycles. The Morgan fingerprint density at radius 1 is 1.09 bits per heavy atom. The lowest BCUT2D eigenvalue weighted by Crippen LogP contribution is -2.14. The van der Waals surface area contributed by atoms with Crippen molar-refractivity contribution in [3.8, 4) is 0 Å². The highest BCUT2D eigenvalue weighted by Gasteiger charge is 2.20. The van der Waals surface area contributed by atoms with Gasteiger partial charge in [-0.3, -0.25) is 4.79 Å². The van der Waals surface area contributed by atoms with E-state index in [0.717, 1.165) is 29.6 Å². The zero-order chi connectivity index (χ0) is 16.0. The predicted molar refractivity (Wildman–Crippen MR) is 95.0 cm³/mol. The average molecular weight is 343 g/mol. The third-order valence-electron chi connectivity index (χ3n) is 4.09. The maximum absolute atomic E-state index is 12.3. The monoisotopic (exact) mass is 342 g/mol. The first kappa shape index (κ1) is 14.5. The second kappa shape index (κ2) is 5.52. The molecule has 114 valence electrons. The molecule has 1 aliphatic rings. The number of rotatable bonds is 1.